The topological polar surface area (TPSA) is 64.3 Å². The lowest BCUT2D eigenvalue weighted by Gasteiger charge is -2.01. The van der Waals surface area contributed by atoms with E-state index >= 15 is 0 Å². The summed E-state index contributed by atoms with van der Waals surface area (Å²) < 4.78 is 4.82. The molecule has 66 valence electrons. The maximum Gasteiger partial charge on any atom is 0.217 e. The van der Waals surface area contributed by atoms with E-state index in [1.165, 1.54) is 0 Å². The zero-order chi connectivity index (χ0) is 8.53. The Balaban J connectivity index is 2.85. The molecule has 0 aliphatic rings. The van der Waals surface area contributed by atoms with Crippen LogP contribution < -0.4 is 11.1 Å². The Morgan fingerprint density at radius 2 is 2.27 bits per heavy atom. The first-order chi connectivity index (χ1) is 5.27. The van der Waals surface area contributed by atoms with Gasteiger partial charge in [0.15, 0.2) is 0 Å². The number of nitrogens with one attached hydrogen (secondary N) is 1. The van der Waals surface area contributed by atoms with Crippen molar-refractivity contribution in [3.05, 3.63) is 0 Å². The second-order valence-electron chi connectivity index (χ2n) is 2.31. The maximum absolute atomic E-state index is 10.3. The molecule has 0 aromatic carbocycles. The van der Waals surface area contributed by atoms with Gasteiger partial charge >= 0.3 is 0 Å². The maximum atomic E-state index is 10.3. The smallest absolute Gasteiger partial charge is 0.217 e. The minimum Gasteiger partial charge on any atom is -0.383 e. The molecule has 0 aliphatic heterocycles. The van der Waals surface area contributed by atoms with Crippen LogP contribution in [0.15, 0.2) is 0 Å². The van der Waals surface area contributed by atoms with Crippen molar-refractivity contribution in [2.24, 2.45) is 5.73 Å². The molecule has 0 saturated carbocycles. The highest BCUT2D eigenvalue weighted by atomic mass is 16.5. The second kappa shape index (κ2) is 7.50. The van der Waals surface area contributed by atoms with Crippen molar-refractivity contribution in [1.29, 1.82) is 0 Å². The number of carbonyl (C=O) groups is 1. The summed E-state index contributed by atoms with van der Waals surface area (Å²) in [6, 6.07) is 0. The van der Waals surface area contributed by atoms with Crippen LogP contribution in [0.2, 0.25) is 0 Å². The van der Waals surface area contributed by atoms with Crippen molar-refractivity contribution in [3.63, 3.8) is 0 Å². The first-order valence-electron chi connectivity index (χ1n) is 3.75. The third kappa shape index (κ3) is 9.39. The molecule has 0 aromatic rings. The molecule has 1 amide bonds. The molecule has 0 radical (unpaired) electrons. The van der Waals surface area contributed by atoms with Crippen molar-refractivity contribution in [2.75, 3.05) is 26.8 Å². The molecule has 0 atom stereocenters. The first kappa shape index (κ1) is 10.4. The minimum atomic E-state index is -0.237. The monoisotopic (exact) mass is 160 g/mol. The van der Waals surface area contributed by atoms with Crippen LogP contribution in [0.3, 0.4) is 0 Å². The third-order valence-corrected chi connectivity index (χ3v) is 1.26. The van der Waals surface area contributed by atoms with E-state index in [1.54, 1.807) is 7.11 Å². The number of methoxy groups -OCH3 is 1. The number of hydrogen-bond donors (Lipinski definition) is 2. The molecule has 4 heteroatoms. The zero-order valence-corrected chi connectivity index (χ0v) is 6.93. The van der Waals surface area contributed by atoms with Crippen molar-refractivity contribution in [3.8, 4) is 0 Å². The van der Waals surface area contributed by atoms with Crippen LogP contribution in [0.25, 0.3) is 0 Å². The normalized spacial score (nSPS) is 9.91. The highest BCUT2D eigenvalue weighted by molar-refractivity contribution is 5.73. The average Bonchev–Trinajstić information content (AvgIpc) is 1.96. The zero-order valence-electron chi connectivity index (χ0n) is 6.93. The molecular weight excluding hydrogens is 144 g/mol. The molecule has 0 saturated heterocycles. The highest BCUT2D eigenvalue weighted by Gasteiger charge is 1.92. The van der Waals surface area contributed by atoms with Gasteiger partial charge in [0.1, 0.15) is 0 Å². The molecule has 0 spiro atoms. The molecular formula is C7H16N2O2. The Bertz CT molecular complexity index is 107. The summed E-state index contributed by atoms with van der Waals surface area (Å²) in [7, 11) is 1.66. The van der Waals surface area contributed by atoms with Crippen LogP contribution in [0.1, 0.15) is 12.8 Å². The van der Waals surface area contributed by atoms with Gasteiger partial charge in [-0.25, -0.2) is 0 Å². The van der Waals surface area contributed by atoms with Gasteiger partial charge in [0.05, 0.1) is 6.61 Å². The van der Waals surface area contributed by atoms with Crippen LogP contribution in [0, 0.1) is 0 Å². The first-order valence-corrected chi connectivity index (χ1v) is 3.75. The number of amides is 1. The van der Waals surface area contributed by atoms with Crippen molar-refractivity contribution >= 4 is 5.91 Å². The summed E-state index contributed by atoms with van der Waals surface area (Å²) in [5.41, 5.74) is 4.94. The molecule has 4 nitrogen and oxygen atoms in total. The van der Waals surface area contributed by atoms with Crippen LogP contribution >= 0.6 is 0 Å². The Kier molecular flexibility index (Phi) is 7.08. The van der Waals surface area contributed by atoms with E-state index in [1.807, 2.05) is 0 Å². The third-order valence-electron chi connectivity index (χ3n) is 1.26. The Morgan fingerprint density at radius 1 is 1.55 bits per heavy atom. The van der Waals surface area contributed by atoms with E-state index in [-0.39, 0.29) is 5.91 Å². The van der Waals surface area contributed by atoms with Gasteiger partial charge in [-0.3, -0.25) is 4.79 Å². The number of primary amides is 1. The highest BCUT2D eigenvalue weighted by Crippen LogP contribution is 1.83. The van der Waals surface area contributed by atoms with Gasteiger partial charge in [-0.2, -0.15) is 0 Å². The second-order valence-corrected chi connectivity index (χ2v) is 2.31. The molecule has 0 aliphatic carbocycles. The van der Waals surface area contributed by atoms with Crippen LogP contribution in [0.5, 0.6) is 0 Å². The van der Waals surface area contributed by atoms with E-state index < -0.39 is 0 Å². The van der Waals surface area contributed by atoms with Gasteiger partial charge < -0.3 is 15.8 Å². The summed E-state index contributed by atoms with van der Waals surface area (Å²) in [4.78, 5) is 10.3. The summed E-state index contributed by atoms with van der Waals surface area (Å²) >= 11 is 0. The summed E-state index contributed by atoms with van der Waals surface area (Å²) in [6.07, 6.45) is 1.26. The molecule has 0 fully saturated rings. The van der Waals surface area contributed by atoms with E-state index in [4.69, 9.17) is 10.5 Å². The number of carbonyl (C=O) groups excluding carboxylic acids is 1. The SMILES string of the molecule is COCCNCCCC(N)=O. The van der Waals surface area contributed by atoms with Gasteiger partial charge in [-0.15, -0.1) is 0 Å². The van der Waals surface area contributed by atoms with Crippen LogP contribution in [-0.2, 0) is 9.53 Å². The van der Waals surface area contributed by atoms with Gasteiger partial charge in [0.25, 0.3) is 0 Å². The number of rotatable bonds is 7. The van der Waals surface area contributed by atoms with Crippen LogP contribution in [-0.4, -0.2) is 32.7 Å². The number of ether oxygens (including phenoxy) is 1. The minimum absolute atomic E-state index is 0.237. The lowest BCUT2D eigenvalue weighted by Crippen LogP contribution is -2.21. The molecule has 11 heavy (non-hydrogen) atoms. The molecule has 0 bridgehead atoms. The molecule has 0 aromatic heterocycles. The molecule has 0 unspecified atom stereocenters. The van der Waals surface area contributed by atoms with Crippen molar-refractivity contribution < 1.29 is 9.53 Å². The summed E-state index contributed by atoms with van der Waals surface area (Å²) in [6.45, 7) is 2.36. The van der Waals surface area contributed by atoms with Gasteiger partial charge in [-0.1, -0.05) is 0 Å². The van der Waals surface area contributed by atoms with Gasteiger partial charge in [0, 0.05) is 20.1 Å². The Labute approximate surface area is 67.1 Å². The fourth-order valence-corrected chi connectivity index (χ4v) is 0.687. The number of hydrogen-bond acceptors (Lipinski definition) is 3. The number of nitrogens with two attached hydrogens (primary N) is 1. The summed E-state index contributed by atoms with van der Waals surface area (Å²) in [5.74, 6) is -0.237. The van der Waals surface area contributed by atoms with Crippen molar-refractivity contribution in [2.45, 2.75) is 12.8 Å². The lowest BCUT2D eigenvalue weighted by atomic mass is 10.3. The molecule has 3 N–H and O–H groups in total. The van der Waals surface area contributed by atoms with Gasteiger partial charge in [-0.05, 0) is 13.0 Å². The van der Waals surface area contributed by atoms with E-state index in [0.29, 0.717) is 13.0 Å². The predicted molar refractivity (Wildman–Crippen MR) is 43.2 cm³/mol. The quantitative estimate of drug-likeness (QED) is 0.493. The molecule has 0 rings (SSSR count). The fraction of sp³-hybridized carbons (Fsp3) is 0.857. The summed E-state index contributed by atoms with van der Waals surface area (Å²) in [5, 5.41) is 3.11. The Hall–Kier alpha value is -0.610. The van der Waals surface area contributed by atoms with Crippen molar-refractivity contribution in [1.82, 2.24) is 5.32 Å². The van der Waals surface area contributed by atoms with Crippen LogP contribution in [0.4, 0.5) is 0 Å². The largest absolute Gasteiger partial charge is 0.383 e. The fourth-order valence-electron chi connectivity index (χ4n) is 0.687. The lowest BCUT2D eigenvalue weighted by molar-refractivity contribution is -0.118. The predicted octanol–water partition coefficient (Wildman–Crippen LogP) is -0.512. The standard InChI is InChI=1S/C7H16N2O2/c1-11-6-5-9-4-2-3-7(8)10/h9H,2-6H2,1H3,(H2,8,10). The van der Waals surface area contributed by atoms with Gasteiger partial charge in [0.2, 0.25) is 5.91 Å². The van der Waals surface area contributed by atoms with E-state index in [9.17, 15) is 4.79 Å². The van der Waals surface area contributed by atoms with E-state index in [0.717, 1.165) is 19.5 Å². The molecule has 0 heterocycles. The average molecular weight is 160 g/mol. The van der Waals surface area contributed by atoms with E-state index in [2.05, 4.69) is 5.32 Å². The Morgan fingerprint density at radius 3 is 2.82 bits per heavy atom.